The summed E-state index contributed by atoms with van der Waals surface area (Å²) in [7, 11) is 0. The van der Waals surface area contributed by atoms with Gasteiger partial charge in [0, 0.05) is 29.9 Å². The number of carboxylic acid groups (broad SMARTS) is 2. The molecule has 1 heterocycles. The smallest absolute Gasteiger partial charge is 0.326 e. The Bertz CT molecular complexity index is 2280. The molecule has 336 valence electrons. The quantitative estimate of drug-likeness (QED) is 0.0462. The van der Waals surface area contributed by atoms with Crippen LogP contribution in [-0.4, -0.2) is 109 Å². The highest BCUT2D eigenvalue weighted by atomic mass is 16.4. The van der Waals surface area contributed by atoms with Crippen LogP contribution in [0.1, 0.15) is 49.8 Å². The van der Waals surface area contributed by atoms with Crippen LogP contribution in [0.25, 0.3) is 10.9 Å². The molecular formula is C43H52N8O12. The number of aromatic hydroxyl groups is 2. The van der Waals surface area contributed by atoms with E-state index in [1.807, 2.05) is 18.2 Å². The van der Waals surface area contributed by atoms with Gasteiger partial charge in [0.2, 0.25) is 35.4 Å². The number of phenolic OH excluding ortho intramolecular Hbond substituents is 2. The molecule has 3 aromatic carbocycles. The molecule has 20 heteroatoms. The van der Waals surface area contributed by atoms with E-state index in [0.717, 1.165) is 10.9 Å². The minimum Gasteiger partial charge on any atom is -0.508 e. The van der Waals surface area contributed by atoms with Gasteiger partial charge in [-0.3, -0.25) is 33.6 Å². The Morgan fingerprint density at radius 2 is 1.05 bits per heavy atom. The van der Waals surface area contributed by atoms with Crippen molar-refractivity contribution in [1.82, 2.24) is 31.6 Å². The third kappa shape index (κ3) is 14.9. The summed E-state index contributed by atoms with van der Waals surface area (Å²) < 4.78 is 0. The van der Waals surface area contributed by atoms with Crippen molar-refractivity contribution in [2.45, 2.75) is 88.6 Å². The highest BCUT2D eigenvalue weighted by molar-refractivity contribution is 5.98. The number of carboxylic acids is 2. The number of phenols is 2. The third-order valence-corrected chi connectivity index (χ3v) is 9.84. The van der Waals surface area contributed by atoms with E-state index in [9.17, 15) is 58.8 Å². The molecule has 0 aliphatic heterocycles. The van der Waals surface area contributed by atoms with Crippen LogP contribution in [0.4, 0.5) is 0 Å². The predicted octanol–water partition coefficient (Wildman–Crippen LogP) is -0.161. The topological polar surface area (TPSA) is 345 Å². The molecule has 0 aliphatic carbocycles. The van der Waals surface area contributed by atoms with Crippen LogP contribution in [-0.2, 0) is 57.6 Å². The molecule has 0 saturated carbocycles. The van der Waals surface area contributed by atoms with Gasteiger partial charge in [-0.2, -0.15) is 0 Å². The van der Waals surface area contributed by atoms with Gasteiger partial charge >= 0.3 is 11.9 Å². The van der Waals surface area contributed by atoms with E-state index in [1.165, 1.54) is 48.5 Å². The molecule has 14 N–H and O–H groups in total. The average Bonchev–Trinajstić information content (AvgIpc) is 3.62. The number of rotatable bonds is 23. The molecule has 0 spiro atoms. The van der Waals surface area contributed by atoms with Crippen molar-refractivity contribution in [2.75, 3.05) is 0 Å². The molecule has 0 unspecified atom stereocenters. The highest BCUT2D eigenvalue weighted by Gasteiger charge is 2.34. The number of aromatic amines is 1. The molecule has 0 aliphatic rings. The van der Waals surface area contributed by atoms with Gasteiger partial charge in [0.05, 0.1) is 18.9 Å². The van der Waals surface area contributed by atoms with Gasteiger partial charge in [0.1, 0.15) is 41.7 Å². The molecule has 1 aromatic heterocycles. The first kappa shape index (κ1) is 48.2. The van der Waals surface area contributed by atoms with E-state index in [0.29, 0.717) is 16.7 Å². The van der Waals surface area contributed by atoms with Crippen molar-refractivity contribution < 1.29 is 58.8 Å². The van der Waals surface area contributed by atoms with Crippen LogP contribution < -0.4 is 38.1 Å². The van der Waals surface area contributed by atoms with Gasteiger partial charge in [0.15, 0.2) is 0 Å². The molecule has 63 heavy (non-hydrogen) atoms. The molecule has 6 atom stereocenters. The van der Waals surface area contributed by atoms with Crippen molar-refractivity contribution in [3.8, 4) is 11.5 Å². The number of benzene rings is 3. The molecule has 6 amide bonds. The Morgan fingerprint density at radius 3 is 1.59 bits per heavy atom. The fraction of sp³-hybridized carbons (Fsp3) is 0.349. The lowest BCUT2D eigenvalue weighted by Crippen LogP contribution is -2.60. The largest absolute Gasteiger partial charge is 0.508 e. The Morgan fingerprint density at radius 1 is 0.587 bits per heavy atom. The molecule has 0 radical (unpaired) electrons. The number of H-pyrrole nitrogens is 1. The van der Waals surface area contributed by atoms with Crippen LogP contribution in [0.3, 0.4) is 0 Å². The Kier molecular flexibility index (Phi) is 17.1. The van der Waals surface area contributed by atoms with Gasteiger partial charge in [-0.25, -0.2) is 4.79 Å². The second-order valence-corrected chi connectivity index (χ2v) is 15.5. The summed E-state index contributed by atoms with van der Waals surface area (Å²) in [6, 6.07) is 9.23. The molecule has 0 bridgehead atoms. The minimum absolute atomic E-state index is 0.0119. The monoisotopic (exact) mass is 872 g/mol. The number of carbonyl (C=O) groups excluding carboxylic acids is 6. The van der Waals surface area contributed by atoms with Gasteiger partial charge in [0.25, 0.3) is 0 Å². The standard InChI is InChI=1S/C43H52N8O12/c1-22(2)15-31(39(58)51-35(43(62)63)17-24-9-13-27(53)14-10-24)48-41(60)33(19-36(45)54)50-40(59)32(16-23-7-11-26(52)12-8-23)49-42(61)34(20-37(55)56)47-38(57)29(44)18-25-21-46-30-6-4-3-5-28(25)30/h3-14,21-22,29,31-35,46,52-53H,15-20,44H2,1-2H3,(H2,45,54)(H,47,57)(H,48,60)(H,49,61)(H,50,59)(H,51,58)(H,55,56)(H,62,63)/t29-,31-,32-,33-,34-,35-/m0/s1. The Balaban J connectivity index is 1.54. The van der Waals surface area contributed by atoms with E-state index in [2.05, 4.69) is 31.6 Å². The summed E-state index contributed by atoms with van der Waals surface area (Å²) in [5.41, 5.74) is 14.0. The van der Waals surface area contributed by atoms with Crippen molar-refractivity contribution in [1.29, 1.82) is 0 Å². The van der Waals surface area contributed by atoms with Gasteiger partial charge in [-0.05, 0) is 65.8 Å². The van der Waals surface area contributed by atoms with Crippen LogP contribution in [0.15, 0.2) is 79.0 Å². The lowest BCUT2D eigenvalue weighted by Gasteiger charge is -2.27. The van der Waals surface area contributed by atoms with Crippen molar-refractivity contribution >= 4 is 58.3 Å². The van der Waals surface area contributed by atoms with Crippen LogP contribution in [0, 0.1) is 5.92 Å². The number of nitrogens with one attached hydrogen (secondary N) is 6. The fourth-order valence-electron chi connectivity index (χ4n) is 6.64. The number of hydrogen-bond acceptors (Lipinski definition) is 11. The Labute approximate surface area is 361 Å². The number of fused-ring (bicyclic) bond motifs is 1. The van der Waals surface area contributed by atoms with E-state index < -0.39 is 96.5 Å². The van der Waals surface area contributed by atoms with Crippen LogP contribution in [0.2, 0.25) is 0 Å². The number of aliphatic carboxylic acids is 2. The number of amides is 6. The van der Waals surface area contributed by atoms with Crippen LogP contribution >= 0.6 is 0 Å². The van der Waals surface area contributed by atoms with Crippen LogP contribution in [0.5, 0.6) is 11.5 Å². The van der Waals surface area contributed by atoms with Crippen molar-refractivity contribution in [3.63, 3.8) is 0 Å². The molecule has 4 rings (SSSR count). The van der Waals surface area contributed by atoms with E-state index in [-0.39, 0.29) is 43.1 Å². The lowest BCUT2D eigenvalue weighted by molar-refractivity contribution is -0.142. The highest BCUT2D eigenvalue weighted by Crippen LogP contribution is 2.19. The average molecular weight is 873 g/mol. The van der Waals surface area contributed by atoms with E-state index >= 15 is 0 Å². The minimum atomic E-state index is -1.75. The molecular weight excluding hydrogens is 821 g/mol. The van der Waals surface area contributed by atoms with Gasteiger partial charge in [-0.1, -0.05) is 56.3 Å². The number of primary amides is 1. The fourth-order valence-corrected chi connectivity index (χ4v) is 6.64. The summed E-state index contributed by atoms with van der Waals surface area (Å²) in [4.78, 5) is 108. The van der Waals surface area contributed by atoms with Crippen molar-refractivity contribution in [3.05, 3.63) is 95.7 Å². The second kappa shape index (κ2) is 22.4. The lowest BCUT2D eigenvalue weighted by atomic mass is 10.0. The SMILES string of the molecule is CC(C)C[C@H](NC(=O)[C@H](CC(N)=O)NC(=O)[C@H](Cc1ccc(O)cc1)NC(=O)[C@H](CC(=O)O)NC(=O)[C@@H](N)Cc1c[nH]c2ccccc12)C(=O)N[C@@H](Cc1ccc(O)cc1)C(=O)O. The summed E-state index contributed by atoms with van der Waals surface area (Å²) >= 11 is 0. The second-order valence-electron chi connectivity index (χ2n) is 15.5. The zero-order valence-electron chi connectivity index (χ0n) is 34.5. The summed E-state index contributed by atoms with van der Waals surface area (Å²) in [5.74, 6) is -9.33. The molecule has 0 saturated heterocycles. The maximum absolute atomic E-state index is 14.0. The zero-order chi connectivity index (χ0) is 46.4. The van der Waals surface area contributed by atoms with Crippen molar-refractivity contribution in [2.24, 2.45) is 17.4 Å². The summed E-state index contributed by atoms with van der Waals surface area (Å²) in [6.07, 6.45) is -0.521. The first-order valence-corrected chi connectivity index (χ1v) is 19.9. The molecule has 0 fully saturated rings. The summed E-state index contributed by atoms with van der Waals surface area (Å²) in [5, 5.41) is 51.8. The zero-order valence-corrected chi connectivity index (χ0v) is 34.5. The molecule has 20 nitrogen and oxygen atoms in total. The first-order chi connectivity index (χ1) is 29.8. The maximum atomic E-state index is 14.0. The van der Waals surface area contributed by atoms with E-state index in [1.54, 1.807) is 26.1 Å². The number of para-hydroxylation sites is 1. The molecule has 4 aromatic rings. The number of aromatic nitrogens is 1. The Hall–Kier alpha value is -7.48. The number of nitrogens with two attached hydrogens (primary N) is 2. The predicted molar refractivity (Wildman–Crippen MR) is 226 cm³/mol. The number of carbonyl (C=O) groups is 8. The third-order valence-electron chi connectivity index (χ3n) is 9.84. The van der Waals surface area contributed by atoms with Gasteiger partial charge in [-0.15, -0.1) is 0 Å². The number of hydrogen-bond donors (Lipinski definition) is 12. The summed E-state index contributed by atoms with van der Waals surface area (Å²) in [6.45, 7) is 3.46. The van der Waals surface area contributed by atoms with E-state index in [4.69, 9.17) is 11.5 Å². The maximum Gasteiger partial charge on any atom is 0.326 e. The normalized spacial score (nSPS) is 14.0. The van der Waals surface area contributed by atoms with Gasteiger partial charge < -0.3 is 63.5 Å². The first-order valence-electron chi connectivity index (χ1n) is 19.9.